The lowest BCUT2D eigenvalue weighted by molar-refractivity contribution is 0.0701. The first-order chi connectivity index (χ1) is 10.1. The van der Waals surface area contributed by atoms with E-state index in [-0.39, 0.29) is 5.91 Å². The highest BCUT2D eigenvalue weighted by atomic mass is 32.1. The van der Waals surface area contributed by atoms with E-state index in [0.29, 0.717) is 11.6 Å². The molecule has 0 aliphatic carbocycles. The lowest BCUT2D eigenvalue weighted by atomic mass is 9.98. The van der Waals surface area contributed by atoms with Gasteiger partial charge in [0.15, 0.2) is 0 Å². The summed E-state index contributed by atoms with van der Waals surface area (Å²) in [6.07, 6.45) is 3.81. The van der Waals surface area contributed by atoms with Crippen LogP contribution in [0, 0.1) is 13.8 Å². The van der Waals surface area contributed by atoms with Crippen LogP contribution in [0.1, 0.15) is 44.8 Å². The number of carbonyl (C=O) groups excluding carboxylic acids is 1. The molecule has 5 heteroatoms. The van der Waals surface area contributed by atoms with Gasteiger partial charge in [-0.2, -0.15) is 0 Å². The number of amides is 1. The number of piperidine rings is 1. The molecule has 1 atom stereocenters. The lowest BCUT2D eigenvalue weighted by Crippen LogP contribution is -2.39. The van der Waals surface area contributed by atoms with Crippen LogP contribution in [0.2, 0.25) is 0 Å². The summed E-state index contributed by atoms with van der Waals surface area (Å²) >= 11 is 1.77. The highest BCUT2D eigenvalue weighted by Crippen LogP contribution is 2.31. The molecule has 0 saturated carbocycles. The van der Waals surface area contributed by atoms with E-state index in [4.69, 9.17) is 0 Å². The van der Waals surface area contributed by atoms with Crippen LogP contribution >= 0.6 is 11.3 Å². The third-order valence-electron chi connectivity index (χ3n) is 3.99. The fraction of sp³-hybridized carbons (Fsp3) is 0.438. The summed E-state index contributed by atoms with van der Waals surface area (Å²) in [6.45, 7) is 5.72. The van der Waals surface area contributed by atoms with Gasteiger partial charge in [0.25, 0.3) is 5.91 Å². The summed E-state index contributed by atoms with van der Waals surface area (Å²) in [5.41, 5.74) is 1.65. The van der Waals surface area contributed by atoms with Crippen molar-refractivity contribution < 1.29 is 4.79 Å². The number of pyridine rings is 1. The number of rotatable bonds is 2. The molecule has 110 valence electrons. The van der Waals surface area contributed by atoms with Gasteiger partial charge in [0, 0.05) is 30.1 Å². The first-order valence-corrected chi connectivity index (χ1v) is 8.11. The molecule has 3 rings (SSSR count). The van der Waals surface area contributed by atoms with Gasteiger partial charge in [-0.25, -0.2) is 4.98 Å². The van der Waals surface area contributed by atoms with Crippen molar-refractivity contribution in [1.29, 1.82) is 0 Å². The van der Waals surface area contributed by atoms with E-state index >= 15 is 0 Å². The van der Waals surface area contributed by atoms with Crippen LogP contribution in [0.3, 0.4) is 0 Å². The minimum Gasteiger partial charge on any atom is -0.337 e. The van der Waals surface area contributed by atoms with E-state index in [0.717, 1.165) is 31.6 Å². The van der Waals surface area contributed by atoms with Crippen LogP contribution in [0.5, 0.6) is 0 Å². The second-order valence-electron chi connectivity index (χ2n) is 5.50. The minimum absolute atomic E-state index is 0.0327. The van der Waals surface area contributed by atoms with Crippen molar-refractivity contribution in [3.8, 4) is 0 Å². The van der Waals surface area contributed by atoms with Crippen LogP contribution in [-0.4, -0.2) is 33.9 Å². The second kappa shape index (κ2) is 5.93. The van der Waals surface area contributed by atoms with Crippen molar-refractivity contribution in [2.45, 2.75) is 32.6 Å². The first-order valence-electron chi connectivity index (χ1n) is 7.29. The maximum Gasteiger partial charge on any atom is 0.272 e. The molecule has 21 heavy (non-hydrogen) atoms. The highest BCUT2D eigenvalue weighted by molar-refractivity contribution is 7.11. The number of nitrogens with zero attached hydrogens (tertiary/aromatic N) is 3. The van der Waals surface area contributed by atoms with E-state index in [1.807, 2.05) is 17.0 Å². The molecule has 4 nitrogen and oxygen atoms in total. The Balaban J connectivity index is 1.75. The van der Waals surface area contributed by atoms with Crippen molar-refractivity contribution >= 4 is 17.2 Å². The van der Waals surface area contributed by atoms with Crippen LogP contribution in [0.25, 0.3) is 0 Å². The summed E-state index contributed by atoms with van der Waals surface area (Å²) < 4.78 is 0. The second-order valence-corrected chi connectivity index (χ2v) is 6.73. The molecule has 1 unspecified atom stereocenters. The molecule has 0 aromatic carbocycles. The van der Waals surface area contributed by atoms with E-state index < -0.39 is 0 Å². The number of hydrogen-bond acceptors (Lipinski definition) is 4. The van der Waals surface area contributed by atoms with Gasteiger partial charge < -0.3 is 4.90 Å². The molecule has 1 aliphatic heterocycles. The summed E-state index contributed by atoms with van der Waals surface area (Å²) in [4.78, 5) is 24.5. The summed E-state index contributed by atoms with van der Waals surface area (Å²) in [6, 6.07) is 5.47. The molecule has 1 amide bonds. The number of likely N-dealkylation sites (tertiary alicyclic amines) is 1. The van der Waals surface area contributed by atoms with E-state index in [1.54, 1.807) is 23.6 Å². The third-order valence-corrected chi connectivity index (χ3v) is 5.22. The molecule has 1 aliphatic rings. The minimum atomic E-state index is 0.0327. The van der Waals surface area contributed by atoms with E-state index in [9.17, 15) is 4.79 Å². The Morgan fingerprint density at radius 2 is 2.24 bits per heavy atom. The van der Waals surface area contributed by atoms with Gasteiger partial charge in [-0.05, 0) is 38.8 Å². The Labute approximate surface area is 128 Å². The molecule has 0 bridgehead atoms. The maximum absolute atomic E-state index is 12.5. The van der Waals surface area contributed by atoms with Crippen molar-refractivity contribution in [3.63, 3.8) is 0 Å². The standard InChI is InChI=1S/C16H19N3OS/c1-11-12(2)21-15(18-11)13-6-5-9-19(10-13)16(20)14-7-3-4-8-17-14/h3-4,7-8,13H,5-6,9-10H2,1-2H3. The van der Waals surface area contributed by atoms with Gasteiger partial charge in [-0.1, -0.05) is 6.07 Å². The molecule has 1 saturated heterocycles. The first kappa shape index (κ1) is 14.2. The quantitative estimate of drug-likeness (QED) is 0.856. The van der Waals surface area contributed by atoms with Gasteiger partial charge >= 0.3 is 0 Å². The molecule has 2 aromatic heterocycles. The van der Waals surface area contributed by atoms with Gasteiger partial charge in [-0.15, -0.1) is 11.3 Å². The molecule has 3 heterocycles. The Morgan fingerprint density at radius 3 is 2.90 bits per heavy atom. The Morgan fingerprint density at radius 1 is 1.38 bits per heavy atom. The molecular formula is C16H19N3OS. The topological polar surface area (TPSA) is 46.1 Å². The average molecular weight is 301 g/mol. The fourth-order valence-corrected chi connectivity index (χ4v) is 3.74. The zero-order valence-corrected chi connectivity index (χ0v) is 13.2. The Hall–Kier alpha value is -1.75. The SMILES string of the molecule is Cc1nc(C2CCCN(C(=O)c3ccccn3)C2)sc1C. The van der Waals surface area contributed by atoms with Crippen molar-refractivity contribution in [3.05, 3.63) is 45.7 Å². The molecule has 0 radical (unpaired) electrons. The van der Waals surface area contributed by atoms with Gasteiger partial charge in [0.1, 0.15) is 5.69 Å². The monoisotopic (exact) mass is 301 g/mol. The molecular weight excluding hydrogens is 282 g/mol. The molecule has 0 N–H and O–H groups in total. The molecule has 1 fully saturated rings. The fourth-order valence-electron chi connectivity index (χ4n) is 2.69. The van der Waals surface area contributed by atoms with Crippen molar-refractivity contribution in [2.24, 2.45) is 0 Å². The number of hydrogen-bond donors (Lipinski definition) is 0. The highest BCUT2D eigenvalue weighted by Gasteiger charge is 2.27. The number of thiazole rings is 1. The maximum atomic E-state index is 12.5. The largest absolute Gasteiger partial charge is 0.337 e. The van der Waals surface area contributed by atoms with Crippen molar-refractivity contribution in [1.82, 2.24) is 14.9 Å². The normalized spacial score (nSPS) is 18.8. The summed E-state index contributed by atoms with van der Waals surface area (Å²) in [5.74, 6) is 0.397. The van der Waals surface area contributed by atoms with E-state index in [2.05, 4.69) is 23.8 Å². The van der Waals surface area contributed by atoms with Crippen LogP contribution in [-0.2, 0) is 0 Å². The molecule has 2 aromatic rings. The van der Waals surface area contributed by atoms with Gasteiger partial charge in [-0.3, -0.25) is 9.78 Å². The number of aromatic nitrogens is 2. The summed E-state index contributed by atoms with van der Waals surface area (Å²) in [5, 5.41) is 1.17. The predicted molar refractivity (Wildman–Crippen MR) is 83.7 cm³/mol. The van der Waals surface area contributed by atoms with Crippen LogP contribution < -0.4 is 0 Å². The smallest absolute Gasteiger partial charge is 0.272 e. The van der Waals surface area contributed by atoms with Gasteiger partial charge in [0.05, 0.1) is 10.7 Å². The van der Waals surface area contributed by atoms with Crippen LogP contribution in [0.4, 0.5) is 0 Å². The van der Waals surface area contributed by atoms with Crippen molar-refractivity contribution in [2.75, 3.05) is 13.1 Å². The zero-order chi connectivity index (χ0) is 14.8. The number of aryl methyl sites for hydroxylation is 2. The predicted octanol–water partition coefficient (Wildman–Crippen LogP) is 3.17. The van der Waals surface area contributed by atoms with E-state index in [1.165, 1.54) is 9.88 Å². The average Bonchev–Trinajstić information content (AvgIpc) is 2.87. The Bertz CT molecular complexity index is 619. The van der Waals surface area contributed by atoms with Gasteiger partial charge in [0.2, 0.25) is 0 Å². The molecule has 0 spiro atoms. The number of carbonyl (C=O) groups is 1. The lowest BCUT2D eigenvalue weighted by Gasteiger charge is -2.31. The zero-order valence-electron chi connectivity index (χ0n) is 12.4. The third kappa shape index (κ3) is 2.97. The van der Waals surface area contributed by atoms with Crippen LogP contribution in [0.15, 0.2) is 24.4 Å². The Kier molecular flexibility index (Phi) is 4.01. The summed E-state index contributed by atoms with van der Waals surface area (Å²) in [7, 11) is 0.